The Bertz CT molecular complexity index is 398. The van der Waals surface area contributed by atoms with E-state index < -0.39 is 0 Å². The number of hydrogen-bond donors (Lipinski definition) is 0. The maximum absolute atomic E-state index is 11.7. The van der Waals surface area contributed by atoms with Gasteiger partial charge in [0, 0.05) is 12.7 Å². The summed E-state index contributed by atoms with van der Waals surface area (Å²) in [7, 11) is 0. The monoisotopic (exact) mass is 275 g/mol. The molecule has 1 aromatic heterocycles. The van der Waals surface area contributed by atoms with Gasteiger partial charge in [-0.2, -0.15) is 0 Å². The van der Waals surface area contributed by atoms with E-state index in [0.29, 0.717) is 15.4 Å². The van der Waals surface area contributed by atoms with Crippen LogP contribution in [-0.2, 0) is 6.54 Å². The van der Waals surface area contributed by atoms with Gasteiger partial charge in [0.05, 0.1) is 9.50 Å². The molecule has 1 fully saturated rings. The van der Waals surface area contributed by atoms with Crippen LogP contribution in [0.3, 0.4) is 0 Å². The molecule has 0 bridgehead atoms. The topological polar surface area (TPSA) is 22.0 Å². The lowest BCUT2D eigenvalue weighted by Crippen LogP contribution is -2.27. The molecule has 0 aliphatic heterocycles. The van der Waals surface area contributed by atoms with Gasteiger partial charge in [-0.05, 0) is 40.8 Å². The molecular weight excluding hydrogens is 265 g/mol. The number of aromatic nitrogens is 1. The zero-order valence-corrected chi connectivity index (χ0v) is 10.0. The highest BCUT2D eigenvalue weighted by molar-refractivity contribution is 9.10. The minimum absolute atomic E-state index is 0.0151. The number of nitrogens with zero attached hydrogens (tertiary/aromatic N) is 1. The van der Waals surface area contributed by atoms with Crippen LogP contribution in [0.1, 0.15) is 19.3 Å². The molecule has 1 saturated carbocycles. The number of rotatable bonds is 2. The Balaban J connectivity index is 2.27. The number of pyridine rings is 1. The van der Waals surface area contributed by atoms with E-state index >= 15 is 0 Å². The van der Waals surface area contributed by atoms with Gasteiger partial charge in [0.25, 0.3) is 5.56 Å². The molecule has 0 atom stereocenters. The fraction of sp³-hybridized carbons (Fsp3) is 0.500. The van der Waals surface area contributed by atoms with Gasteiger partial charge < -0.3 is 4.57 Å². The molecule has 4 heteroatoms. The average molecular weight is 277 g/mol. The third-order valence-corrected chi connectivity index (χ3v) is 3.46. The van der Waals surface area contributed by atoms with Crippen molar-refractivity contribution in [3.05, 3.63) is 32.1 Å². The third-order valence-electron chi connectivity index (χ3n) is 2.69. The summed E-state index contributed by atoms with van der Waals surface area (Å²) in [4.78, 5) is 11.7. The predicted octanol–water partition coefficient (Wildman–Crippen LogP) is 3.06. The molecule has 2 rings (SSSR count). The Kier molecular flexibility index (Phi) is 2.98. The van der Waals surface area contributed by atoms with Crippen LogP contribution in [0.25, 0.3) is 0 Å². The van der Waals surface area contributed by atoms with Crippen LogP contribution < -0.4 is 5.56 Å². The summed E-state index contributed by atoms with van der Waals surface area (Å²) in [5.41, 5.74) is 0.0151. The Morgan fingerprint density at radius 1 is 1.57 bits per heavy atom. The minimum Gasteiger partial charge on any atom is -0.313 e. The van der Waals surface area contributed by atoms with E-state index in [1.807, 2.05) is 0 Å². The van der Waals surface area contributed by atoms with Crippen LogP contribution >= 0.6 is 27.5 Å². The Morgan fingerprint density at radius 2 is 2.29 bits per heavy atom. The van der Waals surface area contributed by atoms with Crippen LogP contribution in [-0.4, -0.2) is 4.57 Å². The van der Waals surface area contributed by atoms with Crippen molar-refractivity contribution in [3.63, 3.8) is 0 Å². The van der Waals surface area contributed by atoms with E-state index in [2.05, 4.69) is 15.9 Å². The van der Waals surface area contributed by atoms with E-state index in [1.165, 1.54) is 19.3 Å². The van der Waals surface area contributed by atoms with E-state index in [4.69, 9.17) is 11.6 Å². The fourth-order valence-corrected chi connectivity index (χ4v) is 2.49. The molecule has 1 aliphatic carbocycles. The van der Waals surface area contributed by atoms with Gasteiger partial charge >= 0.3 is 0 Å². The SMILES string of the molecule is O=c1c(Br)cc(Cl)cn1CC1CCC1. The summed E-state index contributed by atoms with van der Waals surface area (Å²) in [6.45, 7) is 0.804. The van der Waals surface area contributed by atoms with Gasteiger partial charge in [0.2, 0.25) is 0 Å². The molecular formula is C10H11BrClNO. The molecule has 1 aromatic rings. The molecule has 0 N–H and O–H groups in total. The van der Waals surface area contributed by atoms with Gasteiger partial charge in [0.15, 0.2) is 0 Å². The highest BCUT2D eigenvalue weighted by Gasteiger charge is 2.18. The van der Waals surface area contributed by atoms with E-state index in [9.17, 15) is 4.79 Å². The lowest BCUT2D eigenvalue weighted by Gasteiger charge is -2.26. The van der Waals surface area contributed by atoms with E-state index in [-0.39, 0.29) is 5.56 Å². The highest BCUT2D eigenvalue weighted by Crippen LogP contribution is 2.27. The first-order chi connectivity index (χ1) is 6.66. The molecule has 0 saturated heterocycles. The van der Waals surface area contributed by atoms with Crippen LogP contribution in [0.5, 0.6) is 0 Å². The first-order valence-corrected chi connectivity index (χ1v) is 5.89. The van der Waals surface area contributed by atoms with Gasteiger partial charge in [-0.15, -0.1) is 0 Å². The molecule has 1 aliphatic rings. The Labute approximate surface area is 96.0 Å². The Hall–Kier alpha value is -0.280. The van der Waals surface area contributed by atoms with Crippen molar-refractivity contribution in [2.24, 2.45) is 5.92 Å². The number of halogens is 2. The van der Waals surface area contributed by atoms with Crippen molar-refractivity contribution in [2.75, 3.05) is 0 Å². The van der Waals surface area contributed by atoms with E-state index in [0.717, 1.165) is 6.54 Å². The lowest BCUT2D eigenvalue weighted by molar-refractivity contribution is 0.273. The van der Waals surface area contributed by atoms with Crippen molar-refractivity contribution >= 4 is 27.5 Å². The molecule has 2 nitrogen and oxygen atoms in total. The van der Waals surface area contributed by atoms with Gasteiger partial charge in [-0.1, -0.05) is 18.0 Å². The summed E-state index contributed by atoms with van der Waals surface area (Å²) in [5.74, 6) is 0.665. The van der Waals surface area contributed by atoms with Crippen LogP contribution in [0.4, 0.5) is 0 Å². The second kappa shape index (κ2) is 4.07. The van der Waals surface area contributed by atoms with Crippen LogP contribution in [0.15, 0.2) is 21.5 Å². The van der Waals surface area contributed by atoms with Crippen LogP contribution in [0.2, 0.25) is 5.02 Å². The first kappa shape index (κ1) is 10.2. The molecule has 1 heterocycles. The van der Waals surface area contributed by atoms with Crippen molar-refractivity contribution in [3.8, 4) is 0 Å². The standard InChI is InChI=1S/C10H11BrClNO/c11-9-4-8(12)6-13(10(9)14)5-7-2-1-3-7/h4,6-7H,1-3,5H2. The molecule has 0 aromatic carbocycles. The lowest BCUT2D eigenvalue weighted by atomic mass is 9.85. The molecule has 0 unspecified atom stereocenters. The molecule has 0 radical (unpaired) electrons. The minimum atomic E-state index is 0.0151. The zero-order valence-electron chi connectivity index (χ0n) is 7.67. The maximum Gasteiger partial charge on any atom is 0.264 e. The summed E-state index contributed by atoms with van der Waals surface area (Å²) >= 11 is 9.09. The third kappa shape index (κ3) is 2.04. The van der Waals surface area contributed by atoms with Crippen molar-refractivity contribution in [1.82, 2.24) is 4.57 Å². The van der Waals surface area contributed by atoms with Gasteiger partial charge in [-0.25, -0.2) is 0 Å². The number of hydrogen-bond acceptors (Lipinski definition) is 1. The molecule has 0 amide bonds. The molecule has 76 valence electrons. The molecule has 0 spiro atoms. The van der Waals surface area contributed by atoms with Crippen molar-refractivity contribution in [2.45, 2.75) is 25.8 Å². The zero-order chi connectivity index (χ0) is 10.1. The summed E-state index contributed by atoms with van der Waals surface area (Å²) < 4.78 is 2.25. The van der Waals surface area contributed by atoms with Gasteiger partial charge in [-0.3, -0.25) is 4.79 Å². The van der Waals surface area contributed by atoms with Crippen molar-refractivity contribution in [1.29, 1.82) is 0 Å². The second-order valence-corrected chi connectivity index (χ2v) is 5.05. The largest absolute Gasteiger partial charge is 0.313 e. The normalized spacial score (nSPS) is 16.7. The second-order valence-electron chi connectivity index (χ2n) is 3.76. The Morgan fingerprint density at radius 3 is 2.86 bits per heavy atom. The summed E-state index contributed by atoms with van der Waals surface area (Å²) in [5, 5.41) is 0.607. The summed E-state index contributed by atoms with van der Waals surface area (Å²) in [6.07, 6.45) is 5.47. The highest BCUT2D eigenvalue weighted by atomic mass is 79.9. The first-order valence-electron chi connectivity index (χ1n) is 4.72. The van der Waals surface area contributed by atoms with Crippen LogP contribution in [0, 0.1) is 5.92 Å². The maximum atomic E-state index is 11.7. The quantitative estimate of drug-likeness (QED) is 0.814. The molecule has 14 heavy (non-hydrogen) atoms. The van der Waals surface area contributed by atoms with Gasteiger partial charge in [0.1, 0.15) is 0 Å². The average Bonchev–Trinajstić information content (AvgIpc) is 2.05. The van der Waals surface area contributed by atoms with Crippen molar-refractivity contribution < 1.29 is 0 Å². The fourth-order valence-electron chi connectivity index (χ4n) is 1.65. The summed E-state index contributed by atoms with van der Waals surface area (Å²) in [6, 6.07) is 1.64. The smallest absolute Gasteiger partial charge is 0.264 e. The van der Waals surface area contributed by atoms with E-state index in [1.54, 1.807) is 16.8 Å². The predicted molar refractivity (Wildman–Crippen MR) is 60.8 cm³/mol.